The van der Waals surface area contributed by atoms with Crippen LogP contribution in [-0.4, -0.2) is 21.5 Å². The Morgan fingerprint density at radius 2 is 2.35 bits per heavy atom. The van der Waals surface area contributed by atoms with E-state index in [0.29, 0.717) is 12.0 Å². The first-order valence-corrected chi connectivity index (χ1v) is 6.76. The molecule has 1 N–H and O–H groups in total. The molecule has 0 aromatic carbocycles. The lowest BCUT2D eigenvalue weighted by Gasteiger charge is -2.21. The third kappa shape index (κ3) is 3.38. The van der Waals surface area contributed by atoms with Gasteiger partial charge in [0.15, 0.2) is 0 Å². The Morgan fingerprint density at radius 3 is 2.94 bits per heavy atom. The van der Waals surface area contributed by atoms with E-state index in [0.717, 1.165) is 13.1 Å². The first kappa shape index (κ1) is 12.3. The van der Waals surface area contributed by atoms with E-state index in [1.54, 1.807) is 6.20 Å². The quantitative estimate of drug-likeness (QED) is 0.855. The molecule has 2 rings (SSSR count). The molecule has 1 atom stereocenters. The second kappa shape index (κ2) is 5.93. The Balaban J connectivity index is 1.86. The molecular weight excluding hydrogens is 232 g/mol. The van der Waals surface area contributed by atoms with Crippen LogP contribution in [0.4, 0.5) is 0 Å². The summed E-state index contributed by atoms with van der Waals surface area (Å²) in [6.07, 6.45) is 3.59. The molecule has 0 amide bonds. The lowest BCUT2D eigenvalue weighted by atomic mass is 10.0. The molecule has 0 aliphatic heterocycles. The normalized spacial score (nSPS) is 13.1. The lowest BCUT2D eigenvalue weighted by molar-refractivity contribution is 0.400. The van der Waals surface area contributed by atoms with E-state index in [9.17, 15) is 0 Å². The van der Waals surface area contributed by atoms with Crippen molar-refractivity contribution in [3.05, 3.63) is 34.8 Å². The molecule has 4 nitrogen and oxygen atoms in total. The number of nitrogens with zero attached hydrogens (tertiary/aromatic N) is 3. The zero-order valence-electron chi connectivity index (χ0n) is 10.2. The third-order valence-corrected chi connectivity index (χ3v) is 3.65. The molecule has 0 saturated heterocycles. The Hall–Kier alpha value is -1.20. The summed E-state index contributed by atoms with van der Waals surface area (Å²) in [7, 11) is 0. The van der Waals surface area contributed by atoms with Crippen LogP contribution in [0.2, 0.25) is 0 Å². The number of hydrogen-bond donors (Lipinski definition) is 1. The minimum atomic E-state index is 0.429. The van der Waals surface area contributed by atoms with Crippen LogP contribution in [0, 0.1) is 5.92 Å². The summed E-state index contributed by atoms with van der Waals surface area (Å²) in [4.78, 5) is 1.40. The summed E-state index contributed by atoms with van der Waals surface area (Å²) in [6.45, 7) is 6.25. The van der Waals surface area contributed by atoms with Crippen LogP contribution in [0.25, 0.3) is 0 Å². The van der Waals surface area contributed by atoms with E-state index in [1.165, 1.54) is 4.88 Å². The van der Waals surface area contributed by atoms with Crippen LogP contribution in [0.5, 0.6) is 0 Å². The van der Waals surface area contributed by atoms with Crippen LogP contribution >= 0.6 is 11.3 Å². The van der Waals surface area contributed by atoms with Gasteiger partial charge >= 0.3 is 0 Å². The summed E-state index contributed by atoms with van der Waals surface area (Å²) in [5.74, 6) is 0.587. The predicted octanol–water partition coefficient (Wildman–Crippen LogP) is 2.33. The molecular formula is C12H18N4S. The number of hydrogen-bond acceptors (Lipinski definition) is 4. The first-order chi connectivity index (χ1) is 8.27. The van der Waals surface area contributed by atoms with Crippen molar-refractivity contribution in [1.29, 1.82) is 0 Å². The van der Waals surface area contributed by atoms with Gasteiger partial charge in [-0.25, -0.2) is 0 Å². The summed E-state index contributed by atoms with van der Waals surface area (Å²) < 4.78 is 1.85. The highest BCUT2D eigenvalue weighted by Crippen LogP contribution is 2.25. The molecule has 0 fully saturated rings. The summed E-state index contributed by atoms with van der Waals surface area (Å²) in [5, 5.41) is 13.5. The second-order valence-corrected chi connectivity index (χ2v) is 5.34. The van der Waals surface area contributed by atoms with E-state index < -0.39 is 0 Å². The average molecular weight is 250 g/mol. The largest absolute Gasteiger partial charge is 0.307 e. The molecule has 2 aromatic rings. The van der Waals surface area contributed by atoms with Crippen molar-refractivity contribution >= 4 is 11.3 Å². The average Bonchev–Trinajstić information content (AvgIpc) is 2.96. The molecule has 0 aliphatic carbocycles. The van der Waals surface area contributed by atoms with E-state index in [4.69, 9.17) is 0 Å². The fourth-order valence-corrected chi connectivity index (χ4v) is 2.79. The fourth-order valence-electron chi connectivity index (χ4n) is 1.82. The van der Waals surface area contributed by atoms with Gasteiger partial charge in [-0.3, -0.25) is 4.68 Å². The Kier molecular flexibility index (Phi) is 4.28. The van der Waals surface area contributed by atoms with Crippen molar-refractivity contribution in [3.63, 3.8) is 0 Å². The molecule has 0 saturated carbocycles. The summed E-state index contributed by atoms with van der Waals surface area (Å²) in [6, 6.07) is 4.73. The van der Waals surface area contributed by atoms with Crippen LogP contribution < -0.4 is 5.32 Å². The maximum Gasteiger partial charge on any atom is 0.0692 e. The van der Waals surface area contributed by atoms with Crippen LogP contribution in [0.15, 0.2) is 29.9 Å². The molecule has 92 valence electrons. The first-order valence-electron chi connectivity index (χ1n) is 5.88. The highest BCUT2D eigenvalue weighted by Gasteiger charge is 2.15. The van der Waals surface area contributed by atoms with Crippen LogP contribution in [0.1, 0.15) is 24.8 Å². The van der Waals surface area contributed by atoms with Crippen molar-refractivity contribution in [2.45, 2.75) is 26.4 Å². The van der Waals surface area contributed by atoms with Crippen LogP contribution in [0.3, 0.4) is 0 Å². The maximum absolute atomic E-state index is 3.95. The number of rotatable bonds is 6. The molecule has 17 heavy (non-hydrogen) atoms. The van der Waals surface area contributed by atoms with Crippen molar-refractivity contribution in [3.8, 4) is 0 Å². The van der Waals surface area contributed by atoms with Gasteiger partial charge < -0.3 is 5.32 Å². The number of thiophene rings is 1. The van der Waals surface area contributed by atoms with Gasteiger partial charge in [-0.2, -0.15) is 0 Å². The second-order valence-electron chi connectivity index (χ2n) is 4.36. The van der Waals surface area contributed by atoms with Gasteiger partial charge in [0.2, 0.25) is 0 Å². The fraction of sp³-hybridized carbons (Fsp3) is 0.500. The number of nitrogens with one attached hydrogen (secondary N) is 1. The zero-order chi connectivity index (χ0) is 12.1. The zero-order valence-corrected chi connectivity index (χ0v) is 11.0. The van der Waals surface area contributed by atoms with Crippen molar-refractivity contribution in [2.75, 3.05) is 6.54 Å². The van der Waals surface area contributed by atoms with Gasteiger partial charge in [0.1, 0.15) is 0 Å². The van der Waals surface area contributed by atoms with E-state index in [2.05, 4.69) is 47.0 Å². The molecule has 2 aromatic heterocycles. The van der Waals surface area contributed by atoms with Gasteiger partial charge in [0.05, 0.1) is 12.7 Å². The third-order valence-electron chi connectivity index (χ3n) is 2.69. The van der Waals surface area contributed by atoms with Gasteiger partial charge in [-0.05, 0) is 17.4 Å². The minimum absolute atomic E-state index is 0.429. The number of aromatic nitrogens is 3. The van der Waals surface area contributed by atoms with E-state index in [1.807, 2.05) is 22.2 Å². The van der Waals surface area contributed by atoms with E-state index in [-0.39, 0.29) is 0 Å². The SMILES string of the molecule is CC(C)C(NCCn1ccnn1)c1cccs1. The maximum atomic E-state index is 3.95. The Morgan fingerprint density at radius 1 is 1.47 bits per heavy atom. The van der Waals surface area contributed by atoms with Crippen LogP contribution in [-0.2, 0) is 6.54 Å². The standard InChI is InChI=1S/C12H18N4S/c1-10(2)12(11-4-3-9-17-11)13-5-7-16-8-6-14-15-16/h3-4,6,8-10,12-13H,5,7H2,1-2H3. The smallest absolute Gasteiger partial charge is 0.0692 e. The highest BCUT2D eigenvalue weighted by atomic mass is 32.1. The summed E-state index contributed by atoms with van der Waals surface area (Å²) >= 11 is 1.81. The predicted molar refractivity (Wildman–Crippen MR) is 69.9 cm³/mol. The molecule has 0 radical (unpaired) electrons. The van der Waals surface area contributed by atoms with E-state index >= 15 is 0 Å². The highest BCUT2D eigenvalue weighted by molar-refractivity contribution is 7.10. The molecule has 5 heteroatoms. The van der Waals surface area contributed by atoms with Crippen molar-refractivity contribution in [1.82, 2.24) is 20.3 Å². The van der Waals surface area contributed by atoms with Gasteiger partial charge in [0, 0.05) is 23.7 Å². The molecule has 0 spiro atoms. The lowest BCUT2D eigenvalue weighted by Crippen LogP contribution is -2.28. The Labute approximate surface area is 106 Å². The monoisotopic (exact) mass is 250 g/mol. The Bertz CT molecular complexity index is 408. The summed E-state index contributed by atoms with van der Waals surface area (Å²) in [5.41, 5.74) is 0. The molecule has 2 heterocycles. The molecule has 1 unspecified atom stereocenters. The van der Waals surface area contributed by atoms with Gasteiger partial charge in [-0.15, -0.1) is 16.4 Å². The van der Waals surface area contributed by atoms with Crippen molar-refractivity contribution < 1.29 is 0 Å². The van der Waals surface area contributed by atoms with Crippen molar-refractivity contribution in [2.24, 2.45) is 5.92 Å². The molecule has 0 aliphatic rings. The topological polar surface area (TPSA) is 42.7 Å². The van der Waals surface area contributed by atoms with Gasteiger partial charge in [-0.1, -0.05) is 25.1 Å². The van der Waals surface area contributed by atoms with Gasteiger partial charge in [0.25, 0.3) is 0 Å². The molecule has 0 bridgehead atoms. The minimum Gasteiger partial charge on any atom is -0.307 e.